The van der Waals surface area contributed by atoms with Crippen LogP contribution < -0.4 is 4.90 Å². The normalized spacial score (nSPS) is 16.6. The van der Waals surface area contributed by atoms with Gasteiger partial charge in [0.1, 0.15) is 12.0 Å². The van der Waals surface area contributed by atoms with E-state index in [-0.39, 0.29) is 5.69 Å². The summed E-state index contributed by atoms with van der Waals surface area (Å²) < 4.78 is 0. The molecule has 1 saturated heterocycles. The molecule has 1 aliphatic rings. The molecule has 2 heterocycles. The molecule has 0 aliphatic carbocycles. The molecule has 0 bridgehead atoms. The van der Waals surface area contributed by atoms with E-state index in [1.807, 2.05) is 6.08 Å². The van der Waals surface area contributed by atoms with Crippen LogP contribution in [0.5, 0.6) is 0 Å². The number of aromatic nitrogens is 1. The predicted molar refractivity (Wildman–Crippen MR) is 69.7 cm³/mol. The van der Waals surface area contributed by atoms with E-state index < -0.39 is 4.92 Å². The summed E-state index contributed by atoms with van der Waals surface area (Å²) in [6.07, 6.45) is 3.21. The topological polar surface area (TPSA) is 62.5 Å². The first kappa shape index (κ1) is 12.5. The lowest BCUT2D eigenvalue weighted by Crippen LogP contribution is -2.46. The molecular formula is C12H16N4O2. The molecule has 1 aliphatic heterocycles. The van der Waals surface area contributed by atoms with Crippen LogP contribution in [0.3, 0.4) is 0 Å². The lowest BCUT2D eigenvalue weighted by molar-refractivity contribution is -0.385. The first-order chi connectivity index (χ1) is 8.70. The van der Waals surface area contributed by atoms with Crippen LogP contribution in [0.25, 0.3) is 0 Å². The molecule has 1 aromatic heterocycles. The number of hydrogen-bond donors (Lipinski definition) is 0. The number of pyridine rings is 1. The maximum Gasteiger partial charge on any atom is 0.287 e. The molecule has 0 unspecified atom stereocenters. The highest BCUT2D eigenvalue weighted by atomic mass is 16.6. The minimum atomic E-state index is -0.432. The first-order valence-electron chi connectivity index (χ1n) is 5.89. The van der Waals surface area contributed by atoms with Gasteiger partial charge in [0.15, 0.2) is 0 Å². The molecule has 2 rings (SSSR count). The van der Waals surface area contributed by atoms with Gasteiger partial charge in [0.05, 0.1) is 4.92 Å². The summed E-state index contributed by atoms with van der Waals surface area (Å²) in [4.78, 5) is 18.7. The van der Waals surface area contributed by atoms with Gasteiger partial charge in [-0.25, -0.2) is 4.98 Å². The van der Waals surface area contributed by atoms with Crippen LogP contribution in [-0.2, 0) is 0 Å². The summed E-state index contributed by atoms with van der Waals surface area (Å²) in [7, 11) is 0. The Labute approximate surface area is 106 Å². The molecule has 0 N–H and O–H groups in total. The van der Waals surface area contributed by atoms with Crippen LogP contribution >= 0.6 is 0 Å². The molecule has 1 aromatic rings. The van der Waals surface area contributed by atoms with Crippen molar-refractivity contribution in [2.75, 3.05) is 37.6 Å². The van der Waals surface area contributed by atoms with Crippen LogP contribution in [0.1, 0.15) is 0 Å². The van der Waals surface area contributed by atoms with Crippen molar-refractivity contribution in [2.24, 2.45) is 0 Å². The van der Waals surface area contributed by atoms with Gasteiger partial charge in [0, 0.05) is 38.8 Å². The van der Waals surface area contributed by atoms with E-state index >= 15 is 0 Å². The maximum absolute atomic E-state index is 10.5. The van der Waals surface area contributed by atoms with Crippen LogP contribution in [0.4, 0.5) is 11.5 Å². The second-order valence-corrected chi connectivity index (χ2v) is 4.21. The third-order valence-electron chi connectivity index (χ3n) is 3.03. The standard InChI is InChI=1S/C12H16N4O2/c1-2-5-14-6-8-15(9-7-14)12-4-3-11(10-13-12)16(17)18/h2-4,10H,1,5-9H2. The van der Waals surface area contributed by atoms with Crippen molar-refractivity contribution in [2.45, 2.75) is 0 Å². The largest absolute Gasteiger partial charge is 0.354 e. The highest BCUT2D eigenvalue weighted by molar-refractivity contribution is 5.43. The van der Waals surface area contributed by atoms with Crippen molar-refractivity contribution in [3.05, 3.63) is 41.1 Å². The van der Waals surface area contributed by atoms with Crippen molar-refractivity contribution in [1.29, 1.82) is 0 Å². The number of hydrogen-bond acceptors (Lipinski definition) is 5. The molecule has 0 saturated carbocycles. The molecule has 1 fully saturated rings. The zero-order valence-electron chi connectivity index (χ0n) is 10.2. The predicted octanol–water partition coefficient (Wildman–Crippen LogP) is 1.30. The van der Waals surface area contributed by atoms with E-state index in [2.05, 4.69) is 21.4 Å². The molecule has 0 amide bonds. The van der Waals surface area contributed by atoms with Crippen LogP contribution in [-0.4, -0.2) is 47.5 Å². The maximum atomic E-state index is 10.5. The number of nitrogens with zero attached hydrogens (tertiary/aromatic N) is 4. The number of nitro groups is 1. The SMILES string of the molecule is C=CCN1CCN(c2ccc([N+](=O)[O-])cn2)CC1. The molecule has 0 aromatic carbocycles. The summed E-state index contributed by atoms with van der Waals surface area (Å²) in [5, 5.41) is 10.5. The fraction of sp³-hybridized carbons (Fsp3) is 0.417. The summed E-state index contributed by atoms with van der Waals surface area (Å²) in [6.45, 7) is 8.33. The van der Waals surface area contributed by atoms with Gasteiger partial charge in [-0.05, 0) is 6.07 Å². The Kier molecular flexibility index (Phi) is 3.88. The van der Waals surface area contributed by atoms with Crippen LogP contribution in [0.2, 0.25) is 0 Å². The molecule has 0 spiro atoms. The fourth-order valence-electron chi connectivity index (χ4n) is 2.02. The lowest BCUT2D eigenvalue weighted by Gasteiger charge is -2.34. The van der Waals surface area contributed by atoms with Gasteiger partial charge in [0.2, 0.25) is 0 Å². The molecule has 18 heavy (non-hydrogen) atoms. The fourth-order valence-corrected chi connectivity index (χ4v) is 2.02. The van der Waals surface area contributed by atoms with Gasteiger partial charge in [0.25, 0.3) is 5.69 Å². The second-order valence-electron chi connectivity index (χ2n) is 4.21. The van der Waals surface area contributed by atoms with Gasteiger partial charge in [-0.15, -0.1) is 6.58 Å². The van der Waals surface area contributed by atoms with Crippen molar-refractivity contribution in [3.63, 3.8) is 0 Å². The van der Waals surface area contributed by atoms with Crippen molar-refractivity contribution >= 4 is 11.5 Å². The zero-order valence-corrected chi connectivity index (χ0v) is 10.2. The molecule has 96 valence electrons. The third-order valence-corrected chi connectivity index (χ3v) is 3.03. The number of anilines is 1. The van der Waals surface area contributed by atoms with Crippen molar-refractivity contribution in [1.82, 2.24) is 9.88 Å². The molecule has 6 nitrogen and oxygen atoms in total. The molecular weight excluding hydrogens is 232 g/mol. The smallest absolute Gasteiger partial charge is 0.287 e. The summed E-state index contributed by atoms with van der Waals surface area (Å²) in [5.41, 5.74) is 0.0315. The number of rotatable bonds is 4. The summed E-state index contributed by atoms with van der Waals surface area (Å²) in [5.74, 6) is 0.804. The molecule has 0 radical (unpaired) electrons. The Morgan fingerprint density at radius 3 is 2.61 bits per heavy atom. The van der Waals surface area contributed by atoms with Crippen molar-refractivity contribution < 1.29 is 4.92 Å². The zero-order chi connectivity index (χ0) is 13.0. The van der Waals surface area contributed by atoms with E-state index in [1.165, 1.54) is 12.3 Å². The highest BCUT2D eigenvalue weighted by Gasteiger charge is 2.17. The first-order valence-corrected chi connectivity index (χ1v) is 5.89. The average molecular weight is 248 g/mol. The minimum absolute atomic E-state index is 0.0315. The quantitative estimate of drug-likeness (QED) is 0.456. The van der Waals surface area contributed by atoms with Gasteiger partial charge in [-0.3, -0.25) is 15.0 Å². The lowest BCUT2D eigenvalue weighted by atomic mass is 10.3. The Morgan fingerprint density at radius 2 is 2.11 bits per heavy atom. The third kappa shape index (κ3) is 2.84. The van der Waals surface area contributed by atoms with Crippen LogP contribution in [0, 0.1) is 10.1 Å². The van der Waals surface area contributed by atoms with E-state index in [0.717, 1.165) is 38.5 Å². The second kappa shape index (κ2) is 5.59. The Bertz CT molecular complexity index is 424. The molecule has 0 atom stereocenters. The summed E-state index contributed by atoms with van der Waals surface area (Å²) in [6, 6.07) is 3.21. The van der Waals surface area contributed by atoms with Crippen molar-refractivity contribution in [3.8, 4) is 0 Å². The monoisotopic (exact) mass is 248 g/mol. The Hall–Kier alpha value is -1.95. The number of piperazine rings is 1. The van der Waals surface area contributed by atoms with E-state index in [1.54, 1.807) is 6.07 Å². The van der Waals surface area contributed by atoms with Gasteiger partial charge >= 0.3 is 0 Å². The van der Waals surface area contributed by atoms with Gasteiger partial charge < -0.3 is 4.90 Å². The van der Waals surface area contributed by atoms with Crippen LogP contribution in [0.15, 0.2) is 31.0 Å². The van der Waals surface area contributed by atoms with E-state index in [4.69, 9.17) is 0 Å². The van der Waals surface area contributed by atoms with Gasteiger partial charge in [-0.2, -0.15) is 0 Å². The Morgan fingerprint density at radius 1 is 1.39 bits per heavy atom. The average Bonchev–Trinajstić information content (AvgIpc) is 2.40. The molecule has 6 heteroatoms. The summed E-state index contributed by atoms with van der Waals surface area (Å²) >= 11 is 0. The van der Waals surface area contributed by atoms with E-state index in [0.29, 0.717) is 0 Å². The van der Waals surface area contributed by atoms with E-state index in [9.17, 15) is 10.1 Å². The Balaban J connectivity index is 1.97. The highest BCUT2D eigenvalue weighted by Crippen LogP contribution is 2.17. The van der Waals surface area contributed by atoms with Gasteiger partial charge in [-0.1, -0.05) is 6.08 Å². The minimum Gasteiger partial charge on any atom is -0.354 e.